The lowest BCUT2D eigenvalue weighted by atomic mass is 10.2. The van der Waals surface area contributed by atoms with E-state index in [9.17, 15) is 14.4 Å². The molecular formula is C21H20N2O4S. The second-order valence-electron chi connectivity index (χ2n) is 6.42. The summed E-state index contributed by atoms with van der Waals surface area (Å²) in [6, 6.07) is 16.1. The monoisotopic (exact) mass is 396 g/mol. The number of ether oxygens (including phenoxy) is 1. The van der Waals surface area contributed by atoms with Crippen LogP contribution in [0.25, 0.3) is 6.08 Å². The molecule has 2 aromatic carbocycles. The Labute approximate surface area is 167 Å². The smallest absolute Gasteiger partial charge is 0.294 e. The molecule has 2 aromatic rings. The first kappa shape index (κ1) is 19.7. The molecule has 0 atom stereocenters. The van der Waals surface area contributed by atoms with Gasteiger partial charge >= 0.3 is 0 Å². The minimum absolute atomic E-state index is 0.0735. The minimum atomic E-state index is -0.472. The quantitative estimate of drug-likeness (QED) is 0.743. The van der Waals surface area contributed by atoms with E-state index in [1.54, 1.807) is 30.3 Å². The predicted molar refractivity (Wildman–Crippen MR) is 110 cm³/mol. The van der Waals surface area contributed by atoms with E-state index in [4.69, 9.17) is 4.74 Å². The summed E-state index contributed by atoms with van der Waals surface area (Å²) in [6.45, 7) is 3.56. The lowest BCUT2D eigenvalue weighted by Gasteiger charge is -2.12. The molecule has 7 heteroatoms. The van der Waals surface area contributed by atoms with Crippen LogP contribution in [0.1, 0.15) is 19.4 Å². The molecule has 0 bridgehead atoms. The van der Waals surface area contributed by atoms with Gasteiger partial charge in [0, 0.05) is 5.69 Å². The molecule has 0 aromatic heterocycles. The first-order chi connectivity index (χ1) is 13.4. The molecule has 1 aliphatic heterocycles. The van der Waals surface area contributed by atoms with Gasteiger partial charge in [0.05, 0.1) is 11.0 Å². The van der Waals surface area contributed by atoms with Gasteiger partial charge in [0.2, 0.25) is 5.91 Å². The minimum Gasteiger partial charge on any atom is -0.491 e. The Balaban J connectivity index is 1.65. The summed E-state index contributed by atoms with van der Waals surface area (Å²) in [5.41, 5.74) is 1.38. The molecule has 3 rings (SSSR count). The topological polar surface area (TPSA) is 75.7 Å². The van der Waals surface area contributed by atoms with Crippen LogP contribution in [0.3, 0.4) is 0 Å². The maximum absolute atomic E-state index is 12.5. The number of amides is 3. The van der Waals surface area contributed by atoms with E-state index in [0.29, 0.717) is 5.69 Å². The van der Waals surface area contributed by atoms with Crippen molar-refractivity contribution in [3.05, 3.63) is 65.1 Å². The highest BCUT2D eigenvalue weighted by atomic mass is 32.2. The van der Waals surface area contributed by atoms with Crippen LogP contribution < -0.4 is 10.1 Å². The largest absolute Gasteiger partial charge is 0.491 e. The number of carbonyl (C=O) groups excluding carboxylic acids is 3. The van der Waals surface area contributed by atoms with Crippen molar-refractivity contribution >= 4 is 40.6 Å². The van der Waals surface area contributed by atoms with Crippen LogP contribution in [-0.2, 0) is 9.59 Å². The van der Waals surface area contributed by atoms with E-state index in [1.807, 2.05) is 44.2 Å². The summed E-state index contributed by atoms with van der Waals surface area (Å²) < 4.78 is 5.59. The average molecular weight is 396 g/mol. The molecular weight excluding hydrogens is 376 g/mol. The van der Waals surface area contributed by atoms with Crippen LogP contribution >= 0.6 is 11.8 Å². The zero-order chi connectivity index (χ0) is 20.1. The van der Waals surface area contributed by atoms with E-state index in [2.05, 4.69) is 5.32 Å². The number of carbonyl (C=O) groups is 3. The zero-order valence-corrected chi connectivity index (χ0v) is 16.4. The van der Waals surface area contributed by atoms with Crippen molar-refractivity contribution < 1.29 is 19.1 Å². The van der Waals surface area contributed by atoms with Crippen molar-refractivity contribution in [2.24, 2.45) is 0 Å². The van der Waals surface area contributed by atoms with Gasteiger partial charge in [-0.3, -0.25) is 19.3 Å². The fourth-order valence-electron chi connectivity index (χ4n) is 2.57. The number of rotatable bonds is 6. The highest BCUT2D eigenvalue weighted by Crippen LogP contribution is 2.32. The Kier molecular flexibility index (Phi) is 6.16. The molecule has 0 aliphatic carbocycles. The highest BCUT2D eigenvalue weighted by Gasteiger charge is 2.36. The van der Waals surface area contributed by atoms with Crippen LogP contribution in [0.15, 0.2) is 59.5 Å². The normalized spacial score (nSPS) is 15.4. The molecule has 28 heavy (non-hydrogen) atoms. The van der Waals surface area contributed by atoms with Crippen LogP contribution in [0.5, 0.6) is 5.75 Å². The number of anilines is 1. The van der Waals surface area contributed by atoms with Crippen molar-refractivity contribution in [1.29, 1.82) is 0 Å². The number of hydrogen-bond donors (Lipinski definition) is 1. The van der Waals surface area contributed by atoms with Crippen LogP contribution in [0.2, 0.25) is 0 Å². The Hall–Kier alpha value is -3.06. The summed E-state index contributed by atoms with van der Waals surface area (Å²) in [6.07, 6.45) is 1.71. The first-order valence-electron chi connectivity index (χ1n) is 8.79. The molecule has 0 radical (unpaired) electrons. The lowest BCUT2D eigenvalue weighted by Crippen LogP contribution is -2.36. The number of imide groups is 1. The Morgan fingerprint density at radius 1 is 1.11 bits per heavy atom. The Morgan fingerprint density at radius 2 is 1.79 bits per heavy atom. The fourth-order valence-corrected chi connectivity index (χ4v) is 3.41. The van der Waals surface area contributed by atoms with Gasteiger partial charge in [-0.05, 0) is 61.5 Å². The number of nitrogens with one attached hydrogen (secondary N) is 1. The van der Waals surface area contributed by atoms with E-state index in [1.165, 1.54) is 0 Å². The van der Waals surface area contributed by atoms with Gasteiger partial charge < -0.3 is 10.1 Å². The molecule has 1 N–H and O–H groups in total. The second kappa shape index (κ2) is 8.75. The molecule has 1 heterocycles. The van der Waals surface area contributed by atoms with E-state index in [0.717, 1.165) is 28.0 Å². The maximum Gasteiger partial charge on any atom is 0.294 e. The third-order valence-corrected chi connectivity index (χ3v) is 4.69. The van der Waals surface area contributed by atoms with Gasteiger partial charge in [0.1, 0.15) is 12.3 Å². The van der Waals surface area contributed by atoms with Gasteiger partial charge in [0.15, 0.2) is 0 Å². The Bertz CT molecular complexity index is 908. The van der Waals surface area contributed by atoms with E-state index >= 15 is 0 Å². The van der Waals surface area contributed by atoms with Crippen molar-refractivity contribution in [3.8, 4) is 5.75 Å². The summed E-state index contributed by atoms with van der Waals surface area (Å²) in [5, 5.41) is 2.21. The average Bonchev–Trinajstić information content (AvgIpc) is 2.91. The van der Waals surface area contributed by atoms with Gasteiger partial charge in [-0.1, -0.05) is 30.3 Å². The Morgan fingerprint density at radius 3 is 2.43 bits per heavy atom. The van der Waals surface area contributed by atoms with E-state index in [-0.39, 0.29) is 17.6 Å². The third kappa shape index (κ3) is 5.01. The van der Waals surface area contributed by atoms with E-state index < -0.39 is 17.1 Å². The summed E-state index contributed by atoms with van der Waals surface area (Å²) in [7, 11) is 0. The van der Waals surface area contributed by atoms with Crippen molar-refractivity contribution in [2.45, 2.75) is 20.0 Å². The summed E-state index contributed by atoms with van der Waals surface area (Å²) >= 11 is 0.827. The fraction of sp³-hybridized carbons (Fsp3) is 0.190. The first-order valence-corrected chi connectivity index (χ1v) is 9.61. The lowest BCUT2D eigenvalue weighted by molar-refractivity contribution is -0.127. The van der Waals surface area contributed by atoms with Crippen molar-refractivity contribution in [1.82, 2.24) is 4.90 Å². The SMILES string of the molecule is CC(C)Oc1ccc(C=C2SC(=O)N(CC(=O)Nc3ccccc3)C2=O)cc1. The van der Waals surface area contributed by atoms with Crippen LogP contribution in [-0.4, -0.2) is 34.6 Å². The van der Waals surface area contributed by atoms with Gasteiger partial charge in [-0.15, -0.1) is 0 Å². The second-order valence-corrected chi connectivity index (χ2v) is 7.41. The summed E-state index contributed by atoms with van der Waals surface area (Å²) in [5.74, 6) is -0.163. The van der Waals surface area contributed by atoms with Gasteiger partial charge in [0.25, 0.3) is 11.1 Å². The molecule has 0 saturated carbocycles. The molecule has 0 unspecified atom stereocenters. The molecule has 1 aliphatic rings. The maximum atomic E-state index is 12.5. The standard InChI is InChI=1S/C21H20N2O4S/c1-14(2)27-17-10-8-15(9-11-17)12-18-20(25)23(21(26)28-18)13-19(24)22-16-6-4-3-5-7-16/h3-12,14H,13H2,1-2H3,(H,22,24). The van der Waals surface area contributed by atoms with Crippen LogP contribution in [0, 0.1) is 0 Å². The predicted octanol–water partition coefficient (Wildman–Crippen LogP) is 4.15. The molecule has 144 valence electrons. The molecule has 0 spiro atoms. The zero-order valence-electron chi connectivity index (χ0n) is 15.5. The molecule has 6 nitrogen and oxygen atoms in total. The van der Waals surface area contributed by atoms with Crippen molar-refractivity contribution in [2.75, 3.05) is 11.9 Å². The number of thioether (sulfide) groups is 1. The van der Waals surface area contributed by atoms with Crippen molar-refractivity contribution in [3.63, 3.8) is 0 Å². The molecule has 1 saturated heterocycles. The number of para-hydroxylation sites is 1. The highest BCUT2D eigenvalue weighted by molar-refractivity contribution is 8.18. The third-order valence-electron chi connectivity index (χ3n) is 3.78. The van der Waals surface area contributed by atoms with Crippen LogP contribution in [0.4, 0.5) is 10.5 Å². The summed E-state index contributed by atoms with van der Waals surface area (Å²) in [4.78, 5) is 38.1. The number of benzene rings is 2. The number of hydrogen-bond acceptors (Lipinski definition) is 5. The van der Waals surface area contributed by atoms with Gasteiger partial charge in [-0.2, -0.15) is 0 Å². The molecule has 3 amide bonds. The molecule has 1 fully saturated rings. The number of nitrogens with zero attached hydrogens (tertiary/aromatic N) is 1. The van der Waals surface area contributed by atoms with Gasteiger partial charge in [-0.25, -0.2) is 0 Å².